The van der Waals surface area contributed by atoms with Gasteiger partial charge in [-0.2, -0.15) is 0 Å². The van der Waals surface area contributed by atoms with E-state index in [2.05, 4.69) is 66.9 Å². The van der Waals surface area contributed by atoms with E-state index in [4.69, 9.17) is 0 Å². The quantitative estimate of drug-likeness (QED) is 0.851. The Kier molecular flexibility index (Phi) is 3.14. The largest absolute Gasteiger partial charge is 0.339 e. The summed E-state index contributed by atoms with van der Waals surface area (Å²) >= 11 is 3.40. The Morgan fingerprint density at radius 1 is 1.21 bits per heavy atom. The molecule has 0 amide bonds. The molecule has 0 aliphatic carbocycles. The predicted molar refractivity (Wildman–Crippen MR) is 80.3 cm³/mol. The summed E-state index contributed by atoms with van der Waals surface area (Å²) in [6, 6.07) is 10.7. The molecule has 5 heteroatoms. The van der Waals surface area contributed by atoms with Crippen molar-refractivity contribution in [2.24, 2.45) is 0 Å². The van der Waals surface area contributed by atoms with E-state index < -0.39 is 0 Å². The van der Waals surface area contributed by atoms with Gasteiger partial charge < -0.3 is 9.80 Å². The molecule has 0 unspecified atom stereocenters. The predicted octanol–water partition coefficient (Wildman–Crippen LogP) is 3.21. The van der Waals surface area contributed by atoms with Gasteiger partial charge in [0.1, 0.15) is 4.60 Å². The standard InChI is InChI=1S/C14H15BrN4/c1-10(11-6-4-3-5-7-11)19-9-18(2)13-14(19)17-12(15)8-16-13/h3-8,10H,9H2,1-2H3/t10-/m0/s1. The highest BCUT2D eigenvalue weighted by atomic mass is 79.9. The van der Waals surface area contributed by atoms with Crippen LogP contribution in [0.1, 0.15) is 18.5 Å². The first-order valence-corrected chi connectivity index (χ1v) is 7.01. The van der Waals surface area contributed by atoms with Crippen molar-refractivity contribution in [1.82, 2.24) is 9.97 Å². The summed E-state index contributed by atoms with van der Waals surface area (Å²) in [5, 5.41) is 0. The van der Waals surface area contributed by atoms with Gasteiger partial charge in [-0.3, -0.25) is 0 Å². The number of anilines is 2. The molecule has 1 aliphatic rings. The zero-order chi connectivity index (χ0) is 13.4. The molecule has 0 spiro atoms. The molecule has 0 N–H and O–H groups in total. The van der Waals surface area contributed by atoms with Gasteiger partial charge in [0, 0.05) is 7.05 Å². The first-order chi connectivity index (χ1) is 9.16. The average Bonchev–Trinajstić information content (AvgIpc) is 2.75. The molecule has 4 nitrogen and oxygen atoms in total. The Bertz CT molecular complexity index is 587. The minimum absolute atomic E-state index is 0.272. The van der Waals surface area contributed by atoms with Gasteiger partial charge in [-0.25, -0.2) is 9.97 Å². The van der Waals surface area contributed by atoms with Gasteiger partial charge in [-0.15, -0.1) is 0 Å². The van der Waals surface area contributed by atoms with Crippen LogP contribution in [0.15, 0.2) is 41.1 Å². The van der Waals surface area contributed by atoms with Crippen molar-refractivity contribution in [1.29, 1.82) is 0 Å². The Balaban J connectivity index is 1.98. The Hall–Kier alpha value is -1.62. The lowest BCUT2D eigenvalue weighted by Gasteiger charge is -2.26. The van der Waals surface area contributed by atoms with Crippen molar-refractivity contribution in [2.75, 3.05) is 23.5 Å². The lowest BCUT2D eigenvalue weighted by Crippen LogP contribution is -2.30. The smallest absolute Gasteiger partial charge is 0.175 e. The molecule has 1 aliphatic heterocycles. The number of aromatic nitrogens is 2. The van der Waals surface area contributed by atoms with E-state index in [9.17, 15) is 0 Å². The maximum atomic E-state index is 4.57. The van der Waals surface area contributed by atoms with Crippen LogP contribution in [0.3, 0.4) is 0 Å². The number of rotatable bonds is 2. The number of hydrogen-bond acceptors (Lipinski definition) is 4. The third kappa shape index (κ3) is 2.18. The fourth-order valence-corrected chi connectivity index (χ4v) is 2.66. The van der Waals surface area contributed by atoms with Gasteiger partial charge in [-0.1, -0.05) is 30.3 Å². The number of fused-ring (bicyclic) bond motifs is 1. The van der Waals surface area contributed by atoms with E-state index in [0.717, 1.165) is 22.9 Å². The van der Waals surface area contributed by atoms with Crippen LogP contribution in [-0.2, 0) is 0 Å². The van der Waals surface area contributed by atoms with Crippen LogP contribution in [0.2, 0.25) is 0 Å². The number of hydrogen-bond donors (Lipinski definition) is 0. The Morgan fingerprint density at radius 3 is 2.68 bits per heavy atom. The summed E-state index contributed by atoms with van der Waals surface area (Å²) in [6.45, 7) is 3.00. The van der Waals surface area contributed by atoms with Crippen molar-refractivity contribution in [3.8, 4) is 0 Å². The first kappa shape index (κ1) is 12.4. The highest BCUT2D eigenvalue weighted by Gasteiger charge is 2.30. The molecule has 2 aromatic rings. The summed E-state index contributed by atoms with van der Waals surface area (Å²) in [6.07, 6.45) is 1.74. The van der Waals surface area contributed by atoms with Gasteiger partial charge in [0.2, 0.25) is 0 Å². The van der Waals surface area contributed by atoms with Crippen molar-refractivity contribution >= 4 is 27.6 Å². The van der Waals surface area contributed by atoms with E-state index in [1.807, 2.05) is 13.1 Å². The highest BCUT2D eigenvalue weighted by Crippen LogP contribution is 2.37. The minimum Gasteiger partial charge on any atom is -0.339 e. The molecule has 19 heavy (non-hydrogen) atoms. The van der Waals surface area contributed by atoms with E-state index in [-0.39, 0.29) is 6.04 Å². The van der Waals surface area contributed by atoms with Crippen molar-refractivity contribution in [3.63, 3.8) is 0 Å². The summed E-state index contributed by atoms with van der Waals surface area (Å²) in [7, 11) is 2.04. The van der Waals surface area contributed by atoms with Crippen LogP contribution >= 0.6 is 15.9 Å². The molecule has 0 fully saturated rings. The fraction of sp³-hybridized carbons (Fsp3) is 0.286. The molecule has 0 saturated heterocycles. The Morgan fingerprint density at radius 2 is 1.95 bits per heavy atom. The zero-order valence-corrected chi connectivity index (χ0v) is 12.5. The van der Waals surface area contributed by atoms with Crippen molar-refractivity contribution in [2.45, 2.75) is 13.0 Å². The molecule has 0 bridgehead atoms. The number of nitrogens with zero attached hydrogens (tertiary/aromatic N) is 4. The monoisotopic (exact) mass is 318 g/mol. The lowest BCUT2D eigenvalue weighted by atomic mass is 10.1. The van der Waals surface area contributed by atoms with Crippen LogP contribution in [-0.4, -0.2) is 23.7 Å². The van der Waals surface area contributed by atoms with Crippen LogP contribution in [0, 0.1) is 0 Å². The lowest BCUT2D eigenvalue weighted by molar-refractivity contribution is 0.682. The molecule has 3 rings (SSSR count). The molecular weight excluding hydrogens is 304 g/mol. The molecule has 1 atom stereocenters. The summed E-state index contributed by atoms with van der Waals surface area (Å²) in [4.78, 5) is 13.4. The third-order valence-corrected chi connectivity index (χ3v) is 3.84. The fourth-order valence-electron chi connectivity index (χ4n) is 2.39. The molecule has 2 heterocycles. The summed E-state index contributed by atoms with van der Waals surface area (Å²) in [5.41, 5.74) is 1.28. The van der Waals surface area contributed by atoms with E-state index in [1.54, 1.807) is 6.20 Å². The molecular formula is C14H15BrN4. The van der Waals surface area contributed by atoms with Crippen LogP contribution in [0.4, 0.5) is 11.6 Å². The number of halogens is 1. The van der Waals surface area contributed by atoms with Crippen LogP contribution in [0.5, 0.6) is 0 Å². The average molecular weight is 319 g/mol. The summed E-state index contributed by atoms with van der Waals surface area (Å²) in [5.74, 6) is 1.87. The van der Waals surface area contributed by atoms with Crippen molar-refractivity contribution < 1.29 is 0 Å². The third-order valence-electron chi connectivity index (χ3n) is 3.45. The van der Waals surface area contributed by atoms with E-state index >= 15 is 0 Å². The van der Waals surface area contributed by atoms with Gasteiger partial charge in [0.05, 0.1) is 18.9 Å². The Labute approximate surface area is 121 Å². The van der Waals surface area contributed by atoms with Crippen LogP contribution in [0.25, 0.3) is 0 Å². The van der Waals surface area contributed by atoms with Crippen LogP contribution < -0.4 is 9.80 Å². The van der Waals surface area contributed by atoms with Gasteiger partial charge in [-0.05, 0) is 28.4 Å². The first-order valence-electron chi connectivity index (χ1n) is 6.22. The van der Waals surface area contributed by atoms with Crippen molar-refractivity contribution in [3.05, 3.63) is 46.7 Å². The molecule has 1 aromatic carbocycles. The highest BCUT2D eigenvalue weighted by molar-refractivity contribution is 9.10. The second-order valence-electron chi connectivity index (χ2n) is 4.74. The van der Waals surface area contributed by atoms with Gasteiger partial charge >= 0.3 is 0 Å². The van der Waals surface area contributed by atoms with Gasteiger partial charge in [0.25, 0.3) is 0 Å². The maximum absolute atomic E-state index is 4.57. The minimum atomic E-state index is 0.272. The maximum Gasteiger partial charge on any atom is 0.175 e. The normalized spacial score (nSPS) is 15.5. The summed E-state index contributed by atoms with van der Waals surface area (Å²) < 4.78 is 0.770. The molecule has 0 saturated carbocycles. The SMILES string of the molecule is C[C@@H](c1ccccc1)N1CN(C)c2ncc(Br)nc21. The number of benzene rings is 1. The van der Waals surface area contributed by atoms with E-state index in [1.165, 1.54) is 5.56 Å². The molecule has 98 valence electrons. The van der Waals surface area contributed by atoms with E-state index in [0.29, 0.717) is 0 Å². The topological polar surface area (TPSA) is 32.3 Å². The van der Waals surface area contributed by atoms with Gasteiger partial charge in [0.15, 0.2) is 11.6 Å². The second kappa shape index (κ2) is 4.81. The molecule has 0 radical (unpaired) electrons. The second-order valence-corrected chi connectivity index (χ2v) is 5.55. The molecule has 1 aromatic heterocycles. The zero-order valence-electron chi connectivity index (χ0n) is 10.9.